The van der Waals surface area contributed by atoms with Crippen LogP contribution in [0.3, 0.4) is 0 Å². The van der Waals surface area contributed by atoms with Crippen molar-refractivity contribution < 1.29 is 20.6 Å². The van der Waals surface area contributed by atoms with E-state index >= 15 is 0 Å². The number of nitrogens with zero attached hydrogens (tertiary/aromatic N) is 3. The Morgan fingerprint density at radius 3 is 1.29 bits per heavy atom. The Hall–Kier alpha value is -7.36. The van der Waals surface area contributed by atoms with Crippen LogP contribution in [0.4, 0.5) is 0 Å². The standard InChI is InChI=1S/C52H33N3/c1-4-13-34(14-5-1)40-25-27-43-45-23-12-24-46-44-28-26-41(32-50(44)55(51(45)46)49(43)31-40)38-20-10-19-37(29-38)39-21-11-22-42(30-39)52-53-47(35-15-6-2-7-16-35)33-48(54-52)36-17-8-3-9-18-36/h1-33H/i1D,2D,3D,4D,5D,6D,7D,8D,9D,13D,14D,15D,16D,17D,18D. The van der Waals surface area contributed by atoms with Crippen LogP contribution in [0, 0.1) is 0 Å². The largest absolute Gasteiger partial charge is 0.308 e. The predicted octanol–water partition coefficient (Wildman–Crippen LogP) is 13.6. The quantitative estimate of drug-likeness (QED) is 0.172. The summed E-state index contributed by atoms with van der Waals surface area (Å²) in [7, 11) is 0. The second-order valence-corrected chi connectivity index (χ2v) is 13.1. The van der Waals surface area contributed by atoms with E-state index in [-0.39, 0.29) is 46.0 Å². The Kier molecular flexibility index (Phi) is 4.52. The lowest BCUT2D eigenvalue weighted by atomic mass is 9.97. The zero-order chi connectivity index (χ0) is 49.3. The molecule has 0 aliphatic heterocycles. The Morgan fingerprint density at radius 2 is 0.764 bits per heavy atom. The highest BCUT2D eigenvalue weighted by molar-refractivity contribution is 6.23. The maximum Gasteiger partial charge on any atom is 0.160 e. The number of rotatable bonds is 6. The summed E-state index contributed by atoms with van der Waals surface area (Å²) in [6, 6.07) is 26.9. The monoisotopic (exact) mass is 714 g/mol. The van der Waals surface area contributed by atoms with Crippen molar-refractivity contribution in [2.24, 2.45) is 0 Å². The van der Waals surface area contributed by atoms with E-state index in [0.717, 1.165) is 60.3 Å². The molecule has 256 valence electrons. The topological polar surface area (TPSA) is 30.2 Å². The smallest absolute Gasteiger partial charge is 0.160 e. The fourth-order valence-corrected chi connectivity index (χ4v) is 7.51. The highest BCUT2D eigenvalue weighted by Crippen LogP contribution is 2.41. The van der Waals surface area contributed by atoms with Crippen LogP contribution in [0.5, 0.6) is 0 Å². The number of para-hydroxylation sites is 1. The van der Waals surface area contributed by atoms with Gasteiger partial charge in [-0.25, -0.2) is 9.97 Å². The van der Waals surface area contributed by atoms with Gasteiger partial charge in [-0.1, -0.05) is 169 Å². The summed E-state index contributed by atoms with van der Waals surface area (Å²) >= 11 is 0. The van der Waals surface area contributed by atoms with Gasteiger partial charge in [0.25, 0.3) is 0 Å². The molecule has 3 heterocycles. The fraction of sp³-hybridized carbons (Fsp3) is 0. The molecule has 0 aliphatic rings. The van der Waals surface area contributed by atoms with Gasteiger partial charge < -0.3 is 4.40 Å². The molecule has 0 radical (unpaired) electrons. The molecule has 0 N–H and O–H groups in total. The summed E-state index contributed by atoms with van der Waals surface area (Å²) in [6.45, 7) is 0. The third kappa shape index (κ3) is 5.28. The van der Waals surface area contributed by atoms with Crippen LogP contribution in [-0.4, -0.2) is 14.4 Å². The minimum absolute atomic E-state index is 0.0160. The van der Waals surface area contributed by atoms with Gasteiger partial charge in [-0.2, -0.15) is 0 Å². The van der Waals surface area contributed by atoms with Crippen molar-refractivity contribution >= 4 is 38.1 Å². The number of fused-ring (bicyclic) bond motifs is 6. The molecule has 0 aliphatic carbocycles. The molecule has 0 amide bonds. The van der Waals surface area contributed by atoms with Crippen LogP contribution in [0.15, 0.2) is 200 Å². The molecule has 0 bridgehead atoms. The van der Waals surface area contributed by atoms with Crippen molar-refractivity contribution in [3.63, 3.8) is 0 Å². The zero-order valence-corrected chi connectivity index (χ0v) is 28.7. The molecular weight excluding hydrogens is 667 g/mol. The summed E-state index contributed by atoms with van der Waals surface area (Å²) in [5.41, 5.74) is 6.45. The zero-order valence-electron chi connectivity index (χ0n) is 43.7. The van der Waals surface area contributed by atoms with E-state index in [0.29, 0.717) is 11.1 Å². The number of aromatic nitrogens is 3. The Bertz CT molecular complexity index is 3920. The molecule has 0 saturated carbocycles. The van der Waals surface area contributed by atoms with Gasteiger partial charge >= 0.3 is 0 Å². The first-order valence-electron chi connectivity index (χ1n) is 25.0. The molecule has 0 spiro atoms. The van der Waals surface area contributed by atoms with Gasteiger partial charge in [-0.3, -0.25) is 0 Å². The number of hydrogen-bond acceptors (Lipinski definition) is 2. The molecule has 11 aromatic rings. The highest BCUT2D eigenvalue weighted by atomic mass is 14.9. The first kappa shape index (κ1) is 19.6. The van der Waals surface area contributed by atoms with Crippen molar-refractivity contribution in [3.05, 3.63) is 200 Å². The fourth-order valence-electron chi connectivity index (χ4n) is 7.51. The SMILES string of the molecule is [2H]c1c([2H])c([2H])c(-c2ccc3c4cccc5c6ccc(-c7cccc(-c8cccc(-c9nc(-c%10c([2H])c([2H])c([2H])c([2H])c%10[2H])cc(-c%10c([2H])c([2H])c([2H])c([2H])c%10[2H])n9)c8)c7)cc6n(c3c2)c54)c([2H])c1[2H]. The summed E-state index contributed by atoms with van der Waals surface area (Å²) in [5, 5.41) is 4.02. The summed E-state index contributed by atoms with van der Waals surface area (Å²) in [6.07, 6.45) is 0. The molecule has 55 heavy (non-hydrogen) atoms. The molecule has 11 rings (SSSR count). The lowest BCUT2D eigenvalue weighted by Crippen LogP contribution is -1.96. The van der Waals surface area contributed by atoms with E-state index in [1.54, 1.807) is 18.2 Å². The second kappa shape index (κ2) is 12.6. The minimum atomic E-state index is -0.599. The Balaban J connectivity index is 1.05. The van der Waals surface area contributed by atoms with Crippen LogP contribution in [-0.2, 0) is 0 Å². The van der Waals surface area contributed by atoms with Crippen LogP contribution in [0.2, 0.25) is 0 Å². The molecule has 0 atom stereocenters. The maximum atomic E-state index is 8.72. The van der Waals surface area contributed by atoms with Crippen LogP contribution in [0.25, 0.3) is 105 Å². The Labute approximate surface area is 339 Å². The molecular formula is C52H33N3. The second-order valence-electron chi connectivity index (χ2n) is 13.1. The molecule has 0 fully saturated rings. The molecule has 3 aromatic heterocycles. The average Bonchev–Trinajstić information content (AvgIpc) is 3.89. The number of hydrogen-bond donors (Lipinski definition) is 0. The molecule has 8 aromatic carbocycles. The van der Waals surface area contributed by atoms with E-state index in [1.807, 2.05) is 54.6 Å². The molecule has 3 nitrogen and oxygen atoms in total. The molecule has 0 saturated heterocycles. The van der Waals surface area contributed by atoms with Gasteiger partial charge in [-0.15, -0.1) is 0 Å². The van der Waals surface area contributed by atoms with E-state index < -0.39 is 78.6 Å². The van der Waals surface area contributed by atoms with Gasteiger partial charge in [0.1, 0.15) is 0 Å². The number of benzene rings is 8. The average molecular weight is 715 g/mol. The van der Waals surface area contributed by atoms with Gasteiger partial charge in [-0.05, 0) is 63.7 Å². The molecule has 0 unspecified atom stereocenters. The lowest BCUT2D eigenvalue weighted by molar-refractivity contribution is 1.18. The minimum Gasteiger partial charge on any atom is -0.308 e. The van der Waals surface area contributed by atoms with E-state index in [1.165, 1.54) is 6.07 Å². The van der Waals surface area contributed by atoms with E-state index in [4.69, 9.17) is 30.5 Å². The maximum absolute atomic E-state index is 8.72. The van der Waals surface area contributed by atoms with Crippen molar-refractivity contribution in [2.75, 3.05) is 0 Å². The van der Waals surface area contributed by atoms with Crippen molar-refractivity contribution in [1.29, 1.82) is 0 Å². The lowest BCUT2D eigenvalue weighted by Gasteiger charge is -2.11. The third-order valence-corrected chi connectivity index (χ3v) is 9.99. The summed E-state index contributed by atoms with van der Waals surface area (Å²) in [5.74, 6) is 0.0160. The third-order valence-electron chi connectivity index (χ3n) is 9.99. The van der Waals surface area contributed by atoms with Gasteiger partial charge in [0.2, 0.25) is 0 Å². The first-order chi connectivity index (χ1) is 33.5. The van der Waals surface area contributed by atoms with Gasteiger partial charge in [0, 0.05) is 38.2 Å². The van der Waals surface area contributed by atoms with E-state index in [2.05, 4.69) is 34.7 Å². The van der Waals surface area contributed by atoms with Crippen molar-refractivity contribution in [1.82, 2.24) is 14.4 Å². The molecule has 3 heteroatoms. The van der Waals surface area contributed by atoms with Gasteiger partial charge in [0.15, 0.2) is 5.82 Å². The predicted molar refractivity (Wildman–Crippen MR) is 229 cm³/mol. The van der Waals surface area contributed by atoms with Crippen LogP contribution >= 0.6 is 0 Å². The van der Waals surface area contributed by atoms with Crippen LogP contribution < -0.4 is 0 Å². The van der Waals surface area contributed by atoms with Gasteiger partial charge in [0.05, 0.1) is 48.5 Å². The summed E-state index contributed by atoms with van der Waals surface area (Å²) in [4.78, 5) is 9.41. The van der Waals surface area contributed by atoms with Crippen molar-refractivity contribution in [2.45, 2.75) is 0 Å². The first-order valence-corrected chi connectivity index (χ1v) is 17.5. The highest BCUT2D eigenvalue weighted by Gasteiger charge is 2.19. The van der Waals surface area contributed by atoms with Crippen LogP contribution in [0.1, 0.15) is 20.6 Å². The Morgan fingerprint density at radius 1 is 0.345 bits per heavy atom. The van der Waals surface area contributed by atoms with E-state index in [9.17, 15) is 0 Å². The normalized spacial score (nSPS) is 15.5. The summed E-state index contributed by atoms with van der Waals surface area (Å²) < 4.78 is 129. The van der Waals surface area contributed by atoms with Crippen molar-refractivity contribution in [3.8, 4) is 67.3 Å².